The summed E-state index contributed by atoms with van der Waals surface area (Å²) in [5, 5.41) is 3.81. The Morgan fingerprint density at radius 1 is 1.11 bits per heavy atom. The highest BCUT2D eigenvalue weighted by Crippen LogP contribution is 1.98. The van der Waals surface area contributed by atoms with Crippen molar-refractivity contribution in [2.75, 3.05) is 0 Å². The molecule has 0 saturated heterocycles. The van der Waals surface area contributed by atoms with Gasteiger partial charge in [0.05, 0.1) is 6.10 Å². The number of rotatable bonds is 5. The van der Waals surface area contributed by atoms with Crippen LogP contribution in [0, 0.1) is 5.92 Å². The van der Waals surface area contributed by atoms with E-state index in [4.69, 9.17) is 4.55 Å². The van der Waals surface area contributed by atoms with Crippen LogP contribution in [0.2, 0.25) is 0 Å². The van der Waals surface area contributed by atoms with Gasteiger partial charge in [0.25, 0.3) is 0 Å². The average Bonchev–Trinajstić information content (AvgIpc) is 2.13. The summed E-state index contributed by atoms with van der Waals surface area (Å²) in [5.41, 5.74) is -1.93. The van der Waals surface area contributed by atoms with E-state index >= 15 is 0 Å². The molecular weight excluding hydrogens is 264 g/mol. The van der Waals surface area contributed by atoms with E-state index in [1.54, 1.807) is 13.8 Å². The molecule has 0 heterocycles. The summed E-state index contributed by atoms with van der Waals surface area (Å²) >= 11 is 0. The minimum absolute atomic E-state index is 0.465. The van der Waals surface area contributed by atoms with Gasteiger partial charge in [-0.15, -0.1) is 0 Å². The van der Waals surface area contributed by atoms with Gasteiger partial charge < -0.3 is 10.1 Å². The summed E-state index contributed by atoms with van der Waals surface area (Å²) in [7, 11) is -4.67. The molecule has 1 atom stereocenters. The molecule has 8 nitrogen and oxygen atoms in total. The SMILES string of the molecule is CC(C)OC(=O)NC(NC(=O)C(C)C)S(=O)(=O)O. The Kier molecular flexibility index (Phi) is 6.06. The summed E-state index contributed by atoms with van der Waals surface area (Å²) in [6, 6.07) is 0. The number of alkyl carbamates (subject to hydrolysis) is 1. The van der Waals surface area contributed by atoms with Gasteiger partial charge in [0.2, 0.25) is 11.4 Å². The van der Waals surface area contributed by atoms with E-state index in [2.05, 4.69) is 4.74 Å². The molecule has 0 aromatic carbocycles. The van der Waals surface area contributed by atoms with Crippen molar-refractivity contribution in [2.24, 2.45) is 5.92 Å². The predicted octanol–water partition coefficient (Wildman–Crippen LogP) is 0.0646. The van der Waals surface area contributed by atoms with E-state index in [0.717, 1.165) is 0 Å². The first kappa shape index (κ1) is 16.6. The Hall–Kier alpha value is -1.35. The largest absolute Gasteiger partial charge is 0.447 e. The van der Waals surface area contributed by atoms with E-state index in [-0.39, 0.29) is 0 Å². The van der Waals surface area contributed by atoms with Crippen molar-refractivity contribution in [3.8, 4) is 0 Å². The smallest absolute Gasteiger partial charge is 0.409 e. The molecule has 0 aromatic heterocycles. The lowest BCUT2D eigenvalue weighted by Crippen LogP contribution is -2.53. The fourth-order valence-electron chi connectivity index (χ4n) is 0.836. The molecule has 9 heteroatoms. The molecule has 0 aliphatic carbocycles. The van der Waals surface area contributed by atoms with E-state index in [9.17, 15) is 18.0 Å². The van der Waals surface area contributed by atoms with Crippen LogP contribution in [0.4, 0.5) is 4.79 Å². The zero-order valence-corrected chi connectivity index (χ0v) is 11.4. The molecule has 0 aliphatic rings. The van der Waals surface area contributed by atoms with Crippen LogP contribution in [-0.4, -0.2) is 36.6 Å². The van der Waals surface area contributed by atoms with Crippen molar-refractivity contribution >= 4 is 22.1 Å². The Bertz CT molecular complexity index is 403. The van der Waals surface area contributed by atoms with Gasteiger partial charge in [-0.05, 0) is 13.8 Å². The van der Waals surface area contributed by atoms with Crippen LogP contribution in [0.15, 0.2) is 0 Å². The normalized spacial score (nSPS) is 13.3. The third kappa shape index (κ3) is 6.40. The molecule has 18 heavy (non-hydrogen) atoms. The maximum absolute atomic E-state index is 11.3. The molecule has 0 rings (SSSR count). The van der Waals surface area contributed by atoms with Crippen LogP contribution in [0.5, 0.6) is 0 Å². The van der Waals surface area contributed by atoms with Crippen LogP contribution in [0.3, 0.4) is 0 Å². The Balaban J connectivity index is 4.73. The second kappa shape index (κ2) is 6.55. The number of ether oxygens (including phenoxy) is 1. The fraction of sp³-hybridized carbons (Fsp3) is 0.778. The van der Waals surface area contributed by atoms with Crippen molar-refractivity contribution in [1.29, 1.82) is 0 Å². The quantitative estimate of drug-likeness (QED) is 0.484. The molecule has 106 valence electrons. The van der Waals surface area contributed by atoms with Gasteiger partial charge in [0, 0.05) is 5.92 Å². The summed E-state index contributed by atoms with van der Waals surface area (Å²) < 4.78 is 35.5. The lowest BCUT2D eigenvalue weighted by molar-refractivity contribution is -0.124. The van der Waals surface area contributed by atoms with Gasteiger partial charge in [-0.2, -0.15) is 8.42 Å². The fourth-order valence-corrected chi connectivity index (χ4v) is 1.35. The highest BCUT2D eigenvalue weighted by molar-refractivity contribution is 7.86. The van der Waals surface area contributed by atoms with Crippen LogP contribution in [-0.2, 0) is 19.6 Å². The van der Waals surface area contributed by atoms with Crippen LogP contribution < -0.4 is 10.6 Å². The molecule has 2 amide bonds. The topological polar surface area (TPSA) is 122 Å². The summed E-state index contributed by atoms with van der Waals surface area (Å²) in [5.74, 6) is -1.14. The molecule has 0 spiro atoms. The number of hydrogen-bond acceptors (Lipinski definition) is 5. The van der Waals surface area contributed by atoms with Crippen molar-refractivity contribution in [3.05, 3.63) is 0 Å². The maximum Gasteiger partial charge on any atom is 0.409 e. The monoisotopic (exact) mass is 282 g/mol. The van der Waals surface area contributed by atoms with Gasteiger partial charge in [0.15, 0.2) is 0 Å². The lowest BCUT2D eigenvalue weighted by atomic mass is 10.2. The molecule has 0 aliphatic heterocycles. The zero-order chi connectivity index (χ0) is 14.5. The Morgan fingerprint density at radius 3 is 1.94 bits per heavy atom. The first-order valence-corrected chi connectivity index (χ1v) is 6.78. The number of carbonyl (C=O) groups excluding carboxylic acids is 2. The second-order valence-electron chi connectivity index (χ2n) is 4.16. The van der Waals surface area contributed by atoms with Crippen molar-refractivity contribution in [1.82, 2.24) is 10.6 Å². The molecule has 0 aromatic rings. The van der Waals surface area contributed by atoms with Gasteiger partial charge in [0.1, 0.15) is 0 Å². The first-order valence-electron chi connectivity index (χ1n) is 5.28. The third-order valence-corrected chi connectivity index (χ3v) is 2.52. The average molecular weight is 282 g/mol. The Labute approximate surface area is 106 Å². The van der Waals surface area contributed by atoms with Crippen LogP contribution in [0.25, 0.3) is 0 Å². The zero-order valence-electron chi connectivity index (χ0n) is 10.6. The lowest BCUT2D eigenvalue weighted by Gasteiger charge is -2.19. The number of carbonyl (C=O) groups is 2. The number of nitrogens with one attached hydrogen (secondary N) is 2. The van der Waals surface area contributed by atoms with Gasteiger partial charge in [-0.1, -0.05) is 13.8 Å². The third-order valence-electron chi connectivity index (χ3n) is 1.69. The van der Waals surface area contributed by atoms with E-state index in [1.807, 2.05) is 10.6 Å². The Morgan fingerprint density at radius 2 is 1.61 bits per heavy atom. The van der Waals surface area contributed by atoms with Crippen molar-refractivity contribution in [3.63, 3.8) is 0 Å². The molecule has 0 radical (unpaired) electrons. The maximum atomic E-state index is 11.3. The summed E-state index contributed by atoms with van der Waals surface area (Å²) in [6.07, 6.45) is -1.52. The summed E-state index contributed by atoms with van der Waals surface area (Å²) in [4.78, 5) is 22.5. The van der Waals surface area contributed by atoms with Crippen molar-refractivity contribution < 1.29 is 27.3 Å². The predicted molar refractivity (Wildman–Crippen MR) is 63.1 cm³/mol. The van der Waals surface area contributed by atoms with Gasteiger partial charge in [-0.3, -0.25) is 14.7 Å². The minimum atomic E-state index is -4.67. The van der Waals surface area contributed by atoms with Gasteiger partial charge in [-0.25, -0.2) is 4.79 Å². The van der Waals surface area contributed by atoms with E-state index in [1.165, 1.54) is 13.8 Å². The number of amides is 2. The summed E-state index contributed by atoms with van der Waals surface area (Å²) in [6.45, 7) is 6.19. The molecule has 0 saturated carbocycles. The minimum Gasteiger partial charge on any atom is -0.447 e. The van der Waals surface area contributed by atoms with Crippen LogP contribution in [0.1, 0.15) is 27.7 Å². The van der Waals surface area contributed by atoms with E-state index in [0.29, 0.717) is 0 Å². The molecular formula is C9H18N2O6S. The molecule has 3 N–H and O–H groups in total. The van der Waals surface area contributed by atoms with Crippen molar-refractivity contribution in [2.45, 2.75) is 39.3 Å². The standard InChI is InChI=1S/C9H18N2O6S/c1-5(2)7(12)10-8(18(14,15)16)11-9(13)17-6(3)4/h5-6,8H,1-4H3,(H,10,12)(H,11,13)(H,14,15,16). The molecule has 0 bridgehead atoms. The number of hydrogen-bond donors (Lipinski definition) is 3. The van der Waals surface area contributed by atoms with Crippen LogP contribution >= 0.6 is 0 Å². The van der Waals surface area contributed by atoms with Gasteiger partial charge >= 0.3 is 16.2 Å². The molecule has 0 fully saturated rings. The van der Waals surface area contributed by atoms with E-state index < -0.39 is 39.6 Å². The highest BCUT2D eigenvalue weighted by Gasteiger charge is 2.28. The first-order chi connectivity index (χ1) is 8.04. The second-order valence-corrected chi connectivity index (χ2v) is 5.66. The highest BCUT2D eigenvalue weighted by atomic mass is 32.2. The molecule has 1 unspecified atom stereocenters.